The minimum absolute atomic E-state index is 0.0984. The fourth-order valence-electron chi connectivity index (χ4n) is 1.95. The lowest BCUT2D eigenvalue weighted by Gasteiger charge is -2.25. The van der Waals surface area contributed by atoms with Gasteiger partial charge < -0.3 is 20.5 Å². The Morgan fingerprint density at radius 3 is 3.00 bits per heavy atom. The number of aromatic nitrogens is 1. The molecule has 2 unspecified atom stereocenters. The Hall–Kier alpha value is -1.67. The Kier molecular flexibility index (Phi) is 4.24. The number of carbonyl (C=O) groups excluding carboxylic acids is 1. The number of aryl methyl sites for hydroxylation is 1. The fourth-order valence-corrected chi connectivity index (χ4v) is 2.67. The van der Waals surface area contributed by atoms with Gasteiger partial charge in [0.05, 0.1) is 37.0 Å². The Bertz CT molecular complexity index is 519. The van der Waals surface area contributed by atoms with Crippen LogP contribution in [0.15, 0.2) is 5.51 Å². The highest BCUT2D eigenvalue weighted by atomic mass is 32.1. The molecule has 8 heteroatoms. The molecule has 7 nitrogen and oxygen atoms in total. The van der Waals surface area contributed by atoms with E-state index < -0.39 is 23.5 Å². The van der Waals surface area contributed by atoms with Gasteiger partial charge in [-0.25, -0.2) is 9.78 Å². The second-order valence-electron chi connectivity index (χ2n) is 4.98. The summed E-state index contributed by atoms with van der Waals surface area (Å²) in [5, 5.41) is 14.6. The van der Waals surface area contributed by atoms with Crippen LogP contribution in [-0.4, -0.2) is 41.3 Å². The summed E-state index contributed by atoms with van der Waals surface area (Å²) in [6, 6.07) is -0.941. The normalized spacial score (nSPS) is 25.4. The first-order valence-corrected chi connectivity index (χ1v) is 7.06. The third kappa shape index (κ3) is 2.91. The molecule has 0 spiro atoms. The number of ether oxygens (including phenoxy) is 1. The molecular weight excluding hydrogens is 282 g/mol. The molecule has 2 heterocycles. The number of carbonyl (C=O) groups is 2. The van der Waals surface area contributed by atoms with E-state index in [1.54, 1.807) is 12.4 Å². The molecule has 1 aliphatic heterocycles. The van der Waals surface area contributed by atoms with Gasteiger partial charge in [-0.05, 0) is 13.8 Å². The van der Waals surface area contributed by atoms with Gasteiger partial charge in [-0.2, -0.15) is 0 Å². The van der Waals surface area contributed by atoms with Crippen molar-refractivity contribution in [1.29, 1.82) is 0 Å². The van der Waals surface area contributed by atoms with Crippen molar-refractivity contribution >= 4 is 23.3 Å². The first-order chi connectivity index (χ1) is 9.43. The van der Waals surface area contributed by atoms with Crippen LogP contribution in [0.5, 0.6) is 0 Å². The third-order valence-corrected chi connectivity index (χ3v) is 4.44. The topological polar surface area (TPSA) is 101 Å². The number of hydrogen-bond donors (Lipinski definition) is 3. The zero-order valence-electron chi connectivity index (χ0n) is 11.3. The third-order valence-electron chi connectivity index (χ3n) is 3.50. The summed E-state index contributed by atoms with van der Waals surface area (Å²) in [6.07, 6.45) is 0. The molecule has 2 rings (SSSR count). The van der Waals surface area contributed by atoms with Crippen molar-refractivity contribution in [3.63, 3.8) is 0 Å². The van der Waals surface area contributed by atoms with E-state index in [1.807, 2.05) is 6.92 Å². The van der Waals surface area contributed by atoms with Crippen LogP contribution in [0.25, 0.3) is 0 Å². The van der Waals surface area contributed by atoms with Gasteiger partial charge >= 0.3 is 12.0 Å². The lowest BCUT2D eigenvalue weighted by molar-refractivity contribution is -0.148. The molecule has 1 fully saturated rings. The van der Waals surface area contributed by atoms with E-state index in [0.717, 1.165) is 10.6 Å². The summed E-state index contributed by atoms with van der Waals surface area (Å²) >= 11 is 1.47. The largest absolute Gasteiger partial charge is 0.481 e. The Morgan fingerprint density at radius 2 is 2.40 bits per heavy atom. The second kappa shape index (κ2) is 5.76. The average molecular weight is 299 g/mol. The monoisotopic (exact) mass is 299 g/mol. The lowest BCUT2D eigenvalue weighted by atomic mass is 9.85. The van der Waals surface area contributed by atoms with Crippen LogP contribution in [0.1, 0.15) is 17.5 Å². The van der Waals surface area contributed by atoms with Crippen LogP contribution in [-0.2, 0) is 16.1 Å². The SMILES string of the molecule is Cc1ncsc1CNC(=O)NC1COCC1(C)C(=O)O. The first kappa shape index (κ1) is 14.7. The van der Waals surface area contributed by atoms with Crippen molar-refractivity contribution in [3.8, 4) is 0 Å². The molecule has 0 aliphatic carbocycles. The number of thiazole rings is 1. The number of hydrogen-bond acceptors (Lipinski definition) is 5. The van der Waals surface area contributed by atoms with Crippen molar-refractivity contribution in [1.82, 2.24) is 15.6 Å². The molecule has 1 aliphatic rings. The maximum atomic E-state index is 11.8. The molecule has 3 N–H and O–H groups in total. The van der Waals surface area contributed by atoms with E-state index in [9.17, 15) is 14.7 Å². The van der Waals surface area contributed by atoms with Crippen LogP contribution >= 0.6 is 11.3 Å². The number of carboxylic acids is 1. The summed E-state index contributed by atoms with van der Waals surface area (Å²) in [5.74, 6) is -0.974. The van der Waals surface area contributed by atoms with Crippen LogP contribution < -0.4 is 10.6 Å². The zero-order chi connectivity index (χ0) is 14.8. The maximum absolute atomic E-state index is 11.8. The first-order valence-electron chi connectivity index (χ1n) is 6.18. The van der Waals surface area contributed by atoms with Crippen LogP contribution in [0.2, 0.25) is 0 Å². The zero-order valence-corrected chi connectivity index (χ0v) is 12.1. The van der Waals surface area contributed by atoms with E-state index in [4.69, 9.17) is 4.74 Å². The van der Waals surface area contributed by atoms with Crippen molar-refractivity contribution in [2.24, 2.45) is 5.41 Å². The predicted molar refractivity (Wildman–Crippen MR) is 72.6 cm³/mol. The molecule has 1 aromatic heterocycles. The number of rotatable bonds is 4. The number of nitrogens with one attached hydrogen (secondary N) is 2. The molecule has 0 aromatic carbocycles. The van der Waals surface area contributed by atoms with Crippen LogP contribution in [0.3, 0.4) is 0 Å². The van der Waals surface area contributed by atoms with Gasteiger partial charge in [0.25, 0.3) is 0 Å². The van der Waals surface area contributed by atoms with E-state index in [-0.39, 0.29) is 13.2 Å². The highest BCUT2D eigenvalue weighted by Gasteiger charge is 2.47. The number of amides is 2. The average Bonchev–Trinajstić information content (AvgIpc) is 2.95. The number of aliphatic carboxylic acids is 1. The molecule has 0 bridgehead atoms. The summed E-state index contributed by atoms with van der Waals surface area (Å²) in [5.41, 5.74) is 1.52. The minimum atomic E-state index is -1.09. The Morgan fingerprint density at radius 1 is 1.65 bits per heavy atom. The minimum Gasteiger partial charge on any atom is -0.481 e. The van der Waals surface area contributed by atoms with Crippen LogP contribution in [0, 0.1) is 12.3 Å². The van der Waals surface area contributed by atoms with E-state index >= 15 is 0 Å². The standard InChI is InChI=1S/C12H17N3O4S/c1-7-8(20-6-14-7)3-13-11(18)15-9-4-19-5-12(9,2)10(16)17/h6,9H,3-5H2,1-2H3,(H,16,17)(H2,13,15,18). The quantitative estimate of drug-likeness (QED) is 0.761. The van der Waals surface area contributed by atoms with E-state index in [2.05, 4.69) is 15.6 Å². The molecule has 20 heavy (non-hydrogen) atoms. The molecule has 110 valence electrons. The highest BCUT2D eigenvalue weighted by Crippen LogP contribution is 2.28. The molecular formula is C12H17N3O4S. The lowest BCUT2D eigenvalue weighted by Crippen LogP contribution is -2.52. The highest BCUT2D eigenvalue weighted by molar-refractivity contribution is 7.09. The van der Waals surface area contributed by atoms with Gasteiger partial charge in [-0.3, -0.25) is 4.79 Å². The Balaban J connectivity index is 1.88. The van der Waals surface area contributed by atoms with Crippen molar-refractivity contribution in [2.75, 3.05) is 13.2 Å². The molecule has 1 aromatic rings. The summed E-state index contributed by atoms with van der Waals surface area (Å²) < 4.78 is 5.17. The number of carboxylic acid groups (broad SMARTS) is 1. The van der Waals surface area contributed by atoms with Crippen molar-refractivity contribution in [2.45, 2.75) is 26.4 Å². The second-order valence-corrected chi connectivity index (χ2v) is 5.92. The Labute approximate surface area is 120 Å². The number of urea groups is 1. The summed E-state index contributed by atoms with van der Waals surface area (Å²) in [7, 11) is 0. The van der Waals surface area contributed by atoms with Gasteiger partial charge in [-0.15, -0.1) is 11.3 Å². The van der Waals surface area contributed by atoms with E-state index in [0.29, 0.717) is 6.54 Å². The van der Waals surface area contributed by atoms with Gasteiger partial charge in [0, 0.05) is 4.88 Å². The number of nitrogens with zero attached hydrogens (tertiary/aromatic N) is 1. The van der Waals surface area contributed by atoms with Gasteiger partial charge in [-0.1, -0.05) is 0 Å². The predicted octanol–water partition coefficient (Wildman–Crippen LogP) is 0.740. The van der Waals surface area contributed by atoms with Crippen molar-refractivity contribution in [3.05, 3.63) is 16.1 Å². The molecule has 2 atom stereocenters. The molecule has 0 radical (unpaired) electrons. The van der Waals surface area contributed by atoms with Gasteiger partial charge in [0.15, 0.2) is 0 Å². The summed E-state index contributed by atoms with van der Waals surface area (Å²) in [6.45, 7) is 4.12. The van der Waals surface area contributed by atoms with Gasteiger partial charge in [0.2, 0.25) is 0 Å². The maximum Gasteiger partial charge on any atom is 0.315 e. The van der Waals surface area contributed by atoms with Gasteiger partial charge in [0.1, 0.15) is 5.41 Å². The van der Waals surface area contributed by atoms with Crippen LogP contribution in [0.4, 0.5) is 4.79 Å². The molecule has 2 amide bonds. The fraction of sp³-hybridized carbons (Fsp3) is 0.583. The van der Waals surface area contributed by atoms with E-state index in [1.165, 1.54) is 11.3 Å². The molecule has 0 saturated carbocycles. The smallest absolute Gasteiger partial charge is 0.315 e. The molecule has 1 saturated heterocycles. The van der Waals surface area contributed by atoms with Crippen molar-refractivity contribution < 1.29 is 19.4 Å². The summed E-state index contributed by atoms with van der Waals surface area (Å²) in [4.78, 5) is 28.1.